The Hall–Kier alpha value is -3.22. The molecule has 1 amide bonds. The van der Waals surface area contributed by atoms with Crippen molar-refractivity contribution in [2.45, 2.75) is 0 Å². The molecule has 2 aromatic rings. The lowest BCUT2D eigenvalue weighted by Crippen LogP contribution is -2.17. The van der Waals surface area contributed by atoms with E-state index in [-0.39, 0.29) is 11.5 Å². The molecule has 0 saturated carbocycles. The van der Waals surface area contributed by atoms with E-state index in [2.05, 4.69) is 10.5 Å². The highest BCUT2D eigenvalue weighted by atomic mass is 16.5. The van der Waals surface area contributed by atoms with E-state index in [1.54, 1.807) is 12.1 Å². The van der Waals surface area contributed by atoms with Gasteiger partial charge in [0.05, 0.1) is 20.4 Å². The minimum Gasteiger partial charge on any atom is -0.508 e. The molecule has 0 aliphatic rings. The maximum atomic E-state index is 12.0. The molecule has 23 heavy (non-hydrogen) atoms. The van der Waals surface area contributed by atoms with Gasteiger partial charge in [-0.3, -0.25) is 4.79 Å². The van der Waals surface area contributed by atoms with Crippen LogP contribution in [0.1, 0.15) is 15.9 Å². The van der Waals surface area contributed by atoms with Crippen LogP contribution in [0, 0.1) is 0 Å². The van der Waals surface area contributed by atoms with E-state index < -0.39 is 5.91 Å². The van der Waals surface area contributed by atoms with Crippen LogP contribution in [0.5, 0.6) is 23.0 Å². The van der Waals surface area contributed by atoms with Gasteiger partial charge in [0.2, 0.25) is 0 Å². The number of rotatable bonds is 5. The summed E-state index contributed by atoms with van der Waals surface area (Å²) in [5, 5.41) is 22.6. The summed E-state index contributed by atoms with van der Waals surface area (Å²) in [4.78, 5) is 12.0. The summed E-state index contributed by atoms with van der Waals surface area (Å²) in [6.07, 6.45) is 1.27. The molecule has 0 spiro atoms. The molecule has 0 radical (unpaired) electrons. The molecule has 0 atom stereocenters. The van der Waals surface area contributed by atoms with Gasteiger partial charge in [0, 0.05) is 17.2 Å². The van der Waals surface area contributed by atoms with Crippen LogP contribution < -0.4 is 14.9 Å². The molecule has 0 saturated heterocycles. The molecule has 0 fully saturated rings. The van der Waals surface area contributed by atoms with Crippen molar-refractivity contribution in [3.8, 4) is 23.0 Å². The topological polar surface area (TPSA) is 100 Å². The van der Waals surface area contributed by atoms with Crippen molar-refractivity contribution in [3.63, 3.8) is 0 Å². The predicted molar refractivity (Wildman–Crippen MR) is 84.4 cm³/mol. The maximum Gasteiger partial charge on any atom is 0.271 e. The van der Waals surface area contributed by atoms with Crippen LogP contribution in [-0.2, 0) is 0 Å². The fraction of sp³-hybridized carbons (Fsp3) is 0.125. The van der Waals surface area contributed by atoms with E-state index in [9.17, 15) is 15.0 Å². The Balaban J connectivity index is 2.08. The number of benzene rings is 2. The Morgan fingerprint density at radius 3 is 2.48 bits per heavy atom. The van der Waals surface area contributed by atoms with Gasteiger partial charge in [-0.25, -0.2) is 5.43 Å². The van der Waals surface area contributed by atoms with Crippen molar-refractivity contribution in [2.75, 3.05) is 14.2 Å². The number of ether oxygens (including phenoxy) is 2. The highest BCUT2D eigenvalue weighted by Gasteiger charge is 2.10. The van der Waals surface area contributed by atoms with E-state index in [1.165, 1.54) is 44.7 Å². The zero-order valence-corrected chi connectivity index (χ0v) is 12.6. The van der Waals surface area contributed by atoms with E-state index in [1.807, 2.05) is 0 Å². The van der Waals surface area contributed by atoms with Gasteiger partial charge in [-0.05, 0) is 30.3 Å². The molecule has 2 rings (SSSR count). The molecule has 0 aromatic heterocycles. The van der Waals surface area contributed by atoms with Crippen molar-refractivity contribution in [1.29, 1.82) is 0 Å². The largest absolute Gasteiger partial charge is 0.508 e. The molecule has 0 aliphatic carbocycles. The molecule has 0 heterocycles. The number of carbonyl (C=O) groups is 1. The molecule has 0 bridgehead atoms. The minimum atomic E-state index is -0.444. The minimum absolute atomic E-state index is 0.0611. The van der Waals surface area contributed by atoms with Gasteiger partial charge in [0.15, 0.2) is 11.5 Å². The second-order valence-electron chi connectivity index (χ2n) is 4.51. The number of nitrogens with one attached hydrogen (secondary N) is 1. The Bertz CT molecular complexity index is 743. The fourth-order valence-corrected chi connectivity index (χ4v) is 1.84. The van der Waals surface area contributed by atoms with Gasteiger partial charge in [0.1, 0.15) is 11.5 Å². The number of hydrogen-bond donors (Lipinski definition) is 3. The average molecular weight is 316 g/mol. The first-order chi connectivity index (χ1) is 11.0. The number of phenolic OH excluding ortho intramolecular Hbond substituents is 2. The summed E-state index contributed by atoms with van der Waals surface area (Å²) in [7, 11) is 2.98. The smallest absolute Gasteiger partial charge is 0.271 e. The highest BCUT2D eigenvalue weighted by molar-refractivity contribution is 5.95. The Morgan fingerprint density at radius 2 is 1.83 bits per heavy atom. The van der Waals surface area contributed by atoms with Crippen LogP contribution in [0.15, 0.2) is 41.5 Å². The van der Waals surface area contributed by atoms with Crippen molar-refractivity contribution < 1.29 is 24.5 Å². The number of nitrogens with zero attached hydrogens (tertiary/aromatic N) is 1. The molecular weight excluding hydrogens is 300 g/mol. The second kappa shape index (κ2) is 7.17. The molecule has 3 N–H and O–H groups in total. The Morgan fingerprint density at radius 1 is 1.09 bits per heavy atom. The van der Waals surface area contributed by atoms with Crippen LogP contribution in [0.25, 0.3) is 0 Å². The first-order valence-corrected chi connectivity index (χ1v) is 6.62. The Kier molecular flexibility index (Phi) is 5.03. The molecule has 0 aliphatic heterocycles. The number of methoxy groups -OCH3 is 2. The highest BCUT2D eigenvalue weighted by Crippen LogP contribution is 2.27. The quantitative estimate of drug-likeness (QED) is 0.577. The fourth-order valence-electron chi connectivity index (χ4n) is 1.84. The standard InChI is InChI=1S/C16H16N2O5/c1-22-14-6-4-10(7-15(14)23-2)16(21)18-17-9-11-3-5-12(19)8-13(11)20/h3-9,19-20H,1-2H3,(H,18,21)/b17-9+. The Labute approximate surface area is 132 Å². The van der Waals surface area contributed by atoms with Gasteiger partial charge in [0.25, 0.3) is 5.91 Å². The summed E-state index contributed by atoms with van der Waals surface area (Å²) >= 11 is 0. The third kappa shape index (κ3) is 3.91. The van der Waals surface area contributed by atoms with Crippen molar-refractivity contribution in [3.05, 3.63) is 47.5 Å². The predicted octanol–water partition coefficient (Wildman–Crippen LogP) is 1.88. The van der Waals surface area contributed by atoms with Gasteiger partial charge in [-0.1, -0.05) is 0 Å². The van der Waals surface area contributed by atoms with Crippen LogP contribution in [0.4, 0.5) is 0 Å². The van der Waals surface area contributed by atoms with Gasteiger partial charge >= 0.3 is 0 Å². The molecule has 7 heteroatoms. The van der Waals surface area contributed by atoms with E-state index in [0.717, 1.165) is 0 Å². The van der Waals surface area contributed by atoms with Crippen molar-refractivity contribution in [1.82, 2.24) is 5.43 Å². The average Bonchev–Trinajstić information content (AvgIpc) is 2.56. The number of amides is 1. The van der Waals surface area contributed by atoms with Crippen LogP contribution >= 0.6 is 0 Å². The normalized spacial score (nSPS) is 10.5. The summed E-state index contributed by atoms with van der Waals surface area (Å²) in [6, 6.07) is 8.76. The zero-order valence-electron chi connectivity index (χ0n) is 12.6. The van der Waals surface area contributed by atoms with E-state index >= 15 is 0 Å². The van der Waals surface area contributed by atoms with Gasteiger partial charge < -0.3 is 19.7 Å². The van der Waals surface area contributed by atoms with Gasteiger partial charge in [-0.15, -0.1) is 0 Å². The number of phenols is 2. The summed E-state index contributed by atoms with van der Waals surface area (Å²) < 4.78 is 10.2. The second-order valence-corrected chi connectivity index (χ2v) is 4.51. The van der Waals surface area contributed by atoms with Crippen molar-refractivity contribution >= 4 is 12.1 Å². The first-order valence-electron chi connectivity index (χ1n) is 6.62. The number of hydrogen-bond acceptors (Lipinski definition) is 6. The SMILES string of the molecule is COc1ccc(C(=O)N/N=C/c2ccc(O)cc2O)cc1OC. The number of aromatic hydroxyl groups is 2. The number of carbonyl (C=O) groups excluding carboxylic acids is 1. The zero-order chi connectivity index (χ0) is 16.8. The molecular formula is C16H16N2O5. The number of hydrazone groups is 1. The monoisotopic (exact) mass is 316 g/mol. The lowest BCUT2D eigenvalue weighted by Gasteiger charge is -2.08. The van der Waals surface area contributed by atoms with Crippen LogP contribution in [0.3, 0.4) is 0 Å². The lowest BCUT2D eigenvalue weighted by atomic mass is 10.2. The van der Waals surface area contributed by atoms with Crippen LogP contribution in [-0.4, -0.2) is 36.6 Å². The molecule has 7 nitrogen and oxygen atoms in total. The maximum absolute atomic E-state index is 12.0. The first kappa shape index (κ1) is 16.2. The summed E-state index contributed by atoms with van der Waals surface area (Å²) in [5.74, 6) is 0.297. The van der Waals surface area contributed by atoms with E-state index in [4.69, 9.17) is 9.47 Å². The third-order valence-corrected chi connectivity index (χ3v) is 3.03. The summed E-state index contributed by atoms with van der Waals surface area (Å²) in [5.41, 5.74) is 3.04. The van der Waals surface area contributed by atoms with Crippen molar-refractivity contribution in [2.24, 2.45) is 5.10 Å². The van der Waals surface area contributed by atoms with Gasteiger partial charge in [-0.2, -0.15) is 5.10 Å². The van der Waals surface area contributed by atoms with Crippen LogP contribution in [0.2, 0.25) is 0 Å². The lowest BCUT2D eigenvalue weighted by molar-refractivity contribution is 0.0954. The third-order valence-electron chi connectivity index (χ3n) is 3.03. The summed E-state index contributed by atoms with van der Waals surface area (Å²) in [6.45, 7) is 0. The molecule has 120 valence electrons. The van der Waals surface area contributed by atoms with E-state index in [0.29, 0.717) is 22.6 Å². The molecule has 2 aromatic carbocycles. The molecule has 0 unspecified atom stereocenters.